The molecule has 0 amide bonds. The Morgan fingerprint density at radius 1 is 1.19 bits per heavy atom. The number of benzene rings is 1. The molecule has 3 heterocycles. The van der Waals surface area contributed by atoms with Crippen LogP contribution in [-0.2, 0) is 5.41 Å². The number of rotatable bonds is 2. The number of piperidine rings is 1. The van der Waals surface area contributed by atoms with Gasteiger partial charge in [0.25, 0.3) is 0 Å². The third-order valence-corrected chi connectivity index (χ3v) is 5.55. The second-order valence-electron chi connectivity index (χ2n) is 7.92. The lowest BCUT2D eigenvalue weighted by molar-refractivity contribution is 0.315. The van der Waals surface area contributed by atoms with Gasteiger partial charge in [0.05, 0.1) is 10.9 Å². The molecule has 4 rings (SSSR count). The Hall–Kier alpha value is -2.09. The van der Waals surface area contributed by atoms with Gasteiger partial charge in [-0.05, 0) is 40.9 Å². The normalized spacial score (nSPS) is 16.3. The number of aromatic nitrogens is 4. The highest BCUT2D eigenvalue weighted by Gasteiger charge is 2.29. The Morgan fingerprint density at radius 2 is 1.93 bits per heavy atom. The van der Waals surface area contributed by atoms with Gasteiger partial charge in [-0.15, -0.1) is 0 Å². The Labute approximate surface area is 165 Å². The minimum absolute atomic E-state index is 0.156. The van der Waals surface area contributed by atoms with Gasteiger partial charge in [-0.1, -0.05) is 25.9 Å². The molecule has 0 bridgehead atoms. The van der Waals surface area contributed by atoms with Gasteiger partial charge in [-0.25, -0.2) is 14.4 Å². The molecule has 0 aliphatic carbocycles. The predicted molar refractivity (Wildman–Crippen MR) is 104 cm³/mol. The summed E-state index contributed by atoms with van der Waals surface area (Å²) in [5.74, 6) is 2.00. The number of anilines is 1. The van der Waals surface area contributed by atoms with Gasteiger partial charge in [0, 0.05) is 28.9 Å². The first kappa shape index (κ1) is 18.3. The van der Waals surface area contributed by atoms with Crippen LogP contribution in [0.1, 0.15) is 51.2 Å². The van der Waals surface area contributed by atoms with Crippen molar-refractivity contribution in [3.05, 3.63) is 40.5 Å². The minimum atomic E-state index is -0.307. The average Bonchev–Trinajstić information content (AvgIpc) is 3.15. The summed E-state index contributed by atoms with van der Waals surface area (Å²) in [4.78, 5) is 15.3. The van der Waals surface area contributed by atoms with Gasteiger partial charge < -0.3 is 9.42 Å². The van der Waals surface area contributed by atoms with Gasteiger partial charge >= 0.3 is 0 Å². The fourth-order valence-corrected chi connectivity index (χ4v) is 3.81. The fourth-order valence-electron chi connectivity index (χ4n) is 3.38. The van der Waals surface area contributed by atoms with Crippen LogP contribution in [0.15, 0.2) is 27.5 Å². The standard InChI is InChI=1S/C19H21BrFN5O/c1-19(2,3)18-24-16(25-27-18)11-6-8-26(9-7-11)17-14-13(21)5-4-12(20)15(14)22-10-23-17/h4-5,10-11H,6-9H2,1-3H3. The van der Waals surface area contributed by atoms with Crippen molar-refractivity contribution < 1.29 is 8.91 Å². The molecule has 142 valence electrons. The molecule has 1 aliphatic rings. The monoisotopic (exact) mass is 433 g/mol. The second kappa shape index (κ2) is 6.82. The Kier molecular flexibility index (Phi) is 4.61. The van der Waals surface area contributed by atoms with Crippen LogP contribution in [-0.4, -0.2) is 33.2 Å². The SMILES string of the molecule is CC(C)(C)c1nc(C2CCN(c3ncnc4c(Br)ccc(F)c34)CC2)no1. The molecule has 0 N–H and O–H groups in total. The first-order valence-corrected chi connectivity index (χ1v) is 9.81. The zero-order valence-corrected chi connectivity index (χ0v) is 17.1. The van der Waals surface area contributed by atoms with E-state index in [0.717, 1.165) is 36.2 Å². The molecule has 1 saturated heterocycles. The van der Waals surface area contributed by atoms with Crippen LogP contribution in [0.25, 0.3) is 10.9 Å². The number of fused-ring (bicyclic) bond motifs is 1. The molecule has 2 aromatic heterocycles. The zero-order chi connectivity index (χ0) is 19.2. The van der Waals surface area contributed by atoms with Crippen LogP contribution in [0.5, 0.6) is 0 Å². The summed E-state index contributed by atoms with van der Waals surface area (Å²) in [5, 5.41) is 4.64. The lowest BCUT2D eigenvalue weighted by Crippen LogP contribution is -2.34. The summed E-state index contributed by atoms with van der Waals surface area (Å²) < 4.78 is 20.7. The highest BCUT2D eigenvalue weighted by Crippen LogP contribution is 2.34. The van der Waals surface area contributed by atoms with Crippen LogP contribution in [0.2, 0.25) is 0 Å². The van der Waals surface area contributed by atoms with Crippen molar-refractivity contribution >= 4 is 32.7 Å². The first-order valence-electron chi connectivity index (χ1n) is 9.02. The molecule has 6 nitrogen and oxygen atoms in total. The average molecular weight is 434 g/mol. The van der Waals surface area contributed by atoms with Crippen molar-refractivity contribution in [1.29, 1.82) is 0 Å². The van der Waals surface area contributed by atoms with E-state index in [0.29, 0.717) is 22.6 Å². The third kappa shape index (κ3) is 3.42. The maximum atomic E-state index is 14.5. The van der Waals surface area contributed by atoms with E-state index in [1.54, 1.807) is 6.07 Å². The van der Waals surface area contributed by atoms with E-state index in [4.69, 9.17) is 4.52 Å². The third-order valence-electron chi connectivity index (χ3n) is 4.91. The number of hydrogen-bond donors (Lipinski definition) is 0. The highest BCUT2D eigenvalue weighted by atomic mass is 79.9. The molecule has 8 heteroatoms. The van der Waals surface area contributed by atoms with Gasteiger partial charge in [0.2, 0.25) is 5.89 Å². The molecule has 0 atom stereocenters. The van der Waals surface area contributed by atoms with Crippen molar-refractivity contribution in [2.75, 3.05) is 18.0 Å². The topological polar surface area (TPSA) is 67.9 Å². The van der Waals surface area contributed by atoms with E-state index in [1.165, 1.54) is 12.4 Å². The summed E-state index contributed by atoms with van der Waals surface area (Å²) in [7, 11) is 0. The number of halogens is 2. The molecule has 3 aromatic rings. The fraction of sp³-hybridized carbons (Fsp3) is 0.474. The Bertz CT molecular complexity index is 976. The van der Waals surface area contributed by atoms with Gasteiger partial charge in [-0.2, -0.15) is 4.98 Å². The quantitative estimate of drug-likeness (QED) is 0.588. The van der Waals surface area contributed by atoms with E-state index in [9.17, 15) is 4.39 Å². The molecule has 0 radical (unpaired) electrons. The van der Waals surface area contributed by atoms with Gasteiger partial charge in [0.15, 0.2) is 5.82 Å². The molecule has 1 fully saturated rings. The molecular formula is C19H21BrFN5O. The molecular weight excluding hydrogens is 413 g/mol. The lowest BCUT2D eigenvalue weighted by Gasteiger charge is -2.32. The first-order chi connectivity index (χ1) is 12.8. The smallest absolute Gasteiger partial charge is 0.232 e. The van der Waals surface area contributed by atoms with E-state index in [-0.39, 0.29) is 17.2 Å². The maximum Gasteiger partial charge on any atom is 0.232 e. The summed E-state index contributed by atoms with van der Waals surface area (Å²) in [6.45, 7) is 7.67. The van der Waals surface area contributed by atoms with Gasteiger partial charge in [0.1, 0.15) is 18.0 Å². The van der Waals surface area contributed by atoms with Crippen molar-refractivity contribution in [3.63, 3.8) is 0 Å². The molecule has 0 spiro atoms. The summed E-state index contributed by atoms with van der Waals surface area (Å²) in [6, 6.07) is 3.11. The molecule has 1 aliphatic heterocycles. The van der Waals surface area contributed by atoms with E-state index >= 15 is 0 Å². The second-order valence-corrected chi connectivity index (χ2v) is 8.77. The largest absolute Gasteiger partial charge is 0.356 e. The van der Waals surface area contributed by atoms with Gasteiger partial charge in [-0.3, -0.25) is 0 Å². The van der Waals surface area contributed by atoms with E-state index in [2.05, 4.69) is 61.7 Å². The highest BCUT2D eigenvalue weighted by molar-refractivity contribution is 9.10. The van der Waals surface area contributed by atoms with Crippen LogP contribution < -0.4 is 4.90 Å². The van der Waals surface area contributed by atoms with Crippen LogP contribution >= 0.6 is 15.9 Å². The maximum absolute atomic E-state index is 14.5. The lowest BCUT2D eigenvalue weighted by atomic mass is 9.95. The van der Waals surface area contributed by atoms with Crippen LogP contribution in [0, 0.1) is 5.82 Å². The number of nitrogens with zero attached hydrogens (tertiary/aromatic N) is 5. The Balaban J connectivity index is 1.56. The summed E-state index contributed by atoms with van der Waals surface area (Å²) >= 11 is 3.45. The minimum Gasteiger partial charge on any atom is -0.356 e. The zero-order valence-electron chi connectivity index (χ0n) is 15.5. The summed E-state index contributed by atoms with van der Waals surface area (Å²) in [5.41, 5.74) is 0.437. The van der Waals surface area contributed by atoms with Crippen molar-refractivity contribution in [3.8, 4) is 0 Å². The van der Waals surface area contributed by atoms with Crippen LogP contribution in [0.3, 0.4) is 0 Å². The van der Waals surface area contributed by atoms with E-state index in [1.807, 2.05) is 0 Å². The van der Waals surface area contributed by atoms with Crippen molar-refractivity contribution in [2.45, 2.75) is 44.9 Å². The number of hydrogen-bond acceptors (Lipinski definition) is 6. The van der Waals surface area contributed by atoms with Crippen molar-refractivity contribution in [1.82, 2.24) is 20.1 Å². The Morgan fingerprint density at radius 3 is 2.59 bits per heavy atom. The van der Waals surface area contributed by atoms with E-state index < -0.39 is 0 Å². The molecule has 0 unspecified atom stereocenters. The predicted octanol–water partition coefficient (Wildman–Crippen LogP) is 4.60. The van der Waals surface area contributed by atoms with Crippen molar-refractivity contribution in [2.24, 2.45) is 0 Å². The molecule has 0 saturated carbocycles. The summed E-state index contributed by atoms with van der Waals surface area (Å²) in [6.07, 6.45) is 3.22. The molecule has 1 aromatic carbocycles. The molecule has 27 heavy (non-hydrogen) atoms. The van der Waals surface area contributed by atoms with Crippen LogP contribution in [0.4, 0.5) is 10.2 Å².